The Morgan fingerprint density at radius 2 is 2.00 bits per heavy atom. The highest BCUT2D eigenvalue weighted by molar-refractivity contribution is 6.33. The maximum atomic E-state index is 12.5. The van der Waals surface area contributed by atoms with Gasteiger partial charge in [0, 0.05) is 0 Å². The smallest absolute Gasteiger partial charge is 0.261 e. The Balaban J connectivity index is 1.87. The first-order valence-electron chi connectivity index (χ1n) is 7.05. The van der Waals surface area contributed by atoms with Crippen LogP contribution in [0.5, 0.6) is 0 Å². The molecule has 2 aromatic carbocycles. The van der Waals surface area contributed by atoms with E-state index in [0.717, 1.165) is 5.56 Å². The van der Waals surface area contributed by atoms with Crippen molar-refractivity contribution < 1.29 is 4.79 Å². The minimum atomic E-state index is -0.339. The molecule has 0 bridgehead atoms. The Bertz CT molecular complexity index is 950. The number of carbonyl (C=O) groups is 1. The fraction of sp³-hybridized carbons (Fsp3) is 0.118. The molecule has 1 N–H and O–H groups in total. The van der Waals surface area contributed by atoms with Crippen molar-refractivity contribution in [2.24, 2.45) is 0 Å². The number of anilines is 1. The summed E-state index contributed by atoms with van der Waals surface area (Å²) in [5, 5.41) is 3.63. The maximum absolute atomic E-state index is 12.5. The van der Waals surface area contributed by atoms with Crippen LogP contribution in [0.3, 0.4) is 0 Å². The molecular weight excluding hydrogens is 314 g/mol. The molecule has 0 spiro atoms. The second-order valence-corrected chi connectivity index (χ2v) is 5.58. The Labute approximate surface area is 137 Å². The third-order valence-corrected chi connectivity index (χ3v) is 3.85. The molecule has 0 aliphatic heterocycles. The third kappa shape index (κ3) is 3.10. The fourth-order valence-corrected chi connectivity index (χ4v) is 2.54. The summed E-state index contributed by atoms with van der Waals surface area (Å²) >= 11 is 6.00. The van der Waals surface area contributed by atoms with Gasteiger partial charge in [0.2, 0.25) is 5.91 Å². The number of amides is 1. The fourth-order valence-electron chi connectivity index (χ4n) is 2.36. The van der Waals surface area contributed by atoms with Crippen molar-refractivity contribution in [3.63, 3.8) is 0 Å². The predicted molar refractivity (Wildman–Crippen MR) is 90.8 cm³/mol. The molecule has 6 heteroatoms. The number of benzene rings is 2. The van der Waals surface area contributed by atoms with Gasteiger partial charge < -0.3 is 5.32 Å². The summed E-state index contributed by atoms with van der Waals surface area (Å²) in [6, 6.07) is 12.3. The average molecular weight is 328 g/mol. The SMILES string of the molecule is Cc1cccc2c(=O)n(CC(=O)Nc3ccccc3Cl)cnc12. The zero-order chi connectivity index (χ0) is 16.4. The van der Waals surface area contributed by atoms with E-state index in [2.05, 4.69) is 10.3 Å². The minimum absolute atomic E-state index is 0.124. The van der Waals surface area contributed by atoms with Gasteiger partial charge >= 0.3 is 0 Å². The number of nitrogens with one attached hydrogen (secondary N) is 1. The van der Waals surface area contributed by atoms with Crippen LogP contribution in [0.4, 0.5) is 5.69 Å². The van der Waals surface area contributed by atoms with Crippen LogP contribution >= 0.6 is 11.6 Å². The summed E-state index contributed by atoms with van der Waals surface area (Å²) in [7, 11) is 0. The van der Waals surface area contributed by atoms with Gasteiger partial charge in [-0.05, 0) is 30.7 Å². The third-order valence-electron chi connectivity index (χ3n) is 3.52. The highest BCUT2D eigenvalue weighted by Crippen LogP contribution is 2.20. The van der Waals surface area contributed by atoms with Crippen LogP contribution < -0.4 is 10.9 Å². The van der Waals surface area contributed by atoms with Gasteiger partial charge in [-0.15, -0.1) is 0 Å². The lowest BCUT2D eigenvalue weighted by molar-refractivity contribution is -0.116. The molecule has 1 amide bonds. The summed E-state index contributed by atoms with van der Waals surface area (Å²) in [5.41, 5.74) is 1.84. The standard InChI is InChI=1S/C17H14ClN3O2/c1-11-5-4-6-12-16(11)19-10-21(17(12)23)9-15(22)20-14-8-3-2-7-13(14)18/h2-8,10H,9H2,1H3,(H,20,22). The van der Waals surface area contributed by atoms with E-state index in [-0.39, 0.29) is 18.0 Å². The lowest BCUT2D eigenvalue weighted by Gasteiger charge is -2.09. The van der Waals surface area contributed by atoms with Crippen molar-refractivity contribution in [1.82, 2.24) is 9.55 Å². The van der Waals surface area contributed by atoms with Gasteiger partial charge in [0.25, 0.3) is 5.56 Å². The van der Waals surface area contributed by atoms with Crippen molar-refractivity contribution in [2.75, 3.05) is 5.32 Å². The largest absolute Gasteiger partial charge is 0.323 e. The molecule has 3 aromatic rings. The predicted octanol–water partition coefficient (Wildman–Crippen LogP) is 3.00. The Hall–Kier alpha value is -2.66. The lowest BCUT2D eigenvalue weighted by Crippen LogP contribution is -2.28. The molecule has 0 fully saturated rings. The minimum Gasteiger partial charge on any atom is -0.323 e. The number of nitrogens with zero attached hydrogens (tertiary/aromatic N) is 2. The molecular formula is C17H14ClN3O2. The van der Waals surface area contributed by atoms with Crippen LogP contribution in [0.25, 0.3) is 10.9 Å². The lowest BCUT2D eigenvalue weighted by atomic mass is 10.1. The highest BCUT2D eigenvalue weighted by Gasteiger charge is 2.10. The number of para-hydroxylation sites is 2. The van der Waals surface area contributed by atoms with E-state index in [1.165, 1.54) is 10.9 Å². The number of hydrogen-bond donors (Lipinski definition) is 1. The molecule has 23 heavy (non-hydrogen) atoms. The summed E-state index contributed by atoms with van der Waals surface area (Å²) in [6.45, 7) is 1.77. The van der Waals surface area contributed by atoms with Gasteiger partial charge in [-0.25, -0.2) is 4.98 Å². The van der Waals surface area contributed by atoms with Gasteiger partial charge in [-0.1, -0.05) is 35.9 Å². The van der Waals surface area contributed by atoms with Crippen LogP contribution in [-0.2, 0) is 11.3 Å². The van der Waals surface area contributed by atoms with E-state index in [1.54, 1.807) is 36.4 Å². The first-order chi connectivity index (χ1) is 11.1. The van der Waals surface area contributed by atoms with Crippen LogP contribution in [0.15, 0.2) is 53.6 Å². The molecule has 1 heterocycles. The molecule has 0 aliphatic rings. The first kappa shape index (κ1) is 15.2. The van der Waals surface area contributed by atoms with Gasteiger partial charge in [0.05, 0.1) is 27.9 Å². The molecule has 116 valence electrons. The van der Waals surface area contributed by atoms with E-state index in [0.29, 0.717) is 21.6 Å². The van der Waals surface area contributed by atoms with Crippen molar-refractivity contribution >= 4 is 34.1 Å². The van der Waals surface area contributed by atoms with Gasteiger partial charge in [-0.3, -0.25) is 14.2 Å². The Kier molecular flexibility index (Phi) is 4.12. The Morgan fingerprint density at radius 3 is 2.78 bits per heavy atom. The number of aryl methyl sites for hydroxylation is 1. The number of halogens is 1. The summed E-state index contributed by atoms with van der Waals surface area (Å²) in [4.78, 5) is 28.9. The van der Waals surface area contributed by atoms with Crippen LogP contribution in [0.1, 0.15) is 5.56 Å². The summed E-state index contributed by atoms with van der Waals surface area (Å²) in [5.74, 6) is -0.339. The molecule has 0 atom stereocenters. The van der Waals surface area contributed by atoms with Gasteiger partial charge in [0.15, 0.2) is 0 Å². The number of rotatable bonds is 3. The topological polar surface area (TPSA) is 64.0 Å². The molecule has 1 aromatic heterocycles. The second-order valence-electron chi connectivity index (χ2n) is 5.18. The number of carbonyl (C=O) groups excluding carboxylic acids is 1. The molecule has 0 aliphatic carbocycles. The van der Waals surface area contributed by atoms with E-state index < -0.39 is 0 Å². The second kappa shape index (κ2) is 6.22. The van der Waals surface area contributed by atoms with Gasteiger partial charge in [0.1, 0.15) is 6.54 Å². The van der Waals surface area contributed by atoms with E-state index in [9.17, 15) is 9.59 Å². The monoisotopic (exact) mass is 327 g/mol. The highest BCUT2D eigenvalue weighted by atomic mass is 35.5. The Morgan fingerprint density at radius 1 is 1.22 bits per heavy atom. The van der Waals surface area contributed by atoms with Crippen molar-refractivity contribution in [2.45, 2.75) is 13.5 Å². The molecule has 5 nitrogen and oxygen atoms in total. The maximum Gasteiger partial charge on any atom is 0.261 e. The molecule has 0 saturated heterocycles. The van der Waals surface area contributed by atoms with Crippen LogP contribution in [0, 0.1) is 6.92 Å². The van der Waals surface area contributed by atoms with Crippen molar-refractivity contribution in [1.29, 1.82) is 0 Å². The van der Waals surface area contributed by atoms with E-state index in [4.69, 9.17) is 11.6 Å². The van der Waals surface area contributed by atoms with Crippen LogP contribution in [-0.4, -0.2) is 15.5 Å². The molecule has 0 saturated carbocycles. The van der Waals surface area contributed by atoms with E-state index in [1.807, 2.05) is 13.0 Å². The average Bonchev–Trinajstić information content (AvgIpc) is 2.53. The van der Waals surface area contributed by atoms with Crippen molar-refractivity contribution in [3.05, 3.63) is 69.7 Å². The quantitative estimate of drug-likeness (QED) is 0.804. The van der Waals surface area contributed by atoms with E-state index >= 15 is 0 Å². The number of hydrogen-bond acceptors (Lipinski definition) is 3. The van der Waals surface area contributed by atoms with Crippen LogP contribution in [0.2, 0.25) is 5.02 Å². The normalized spacial score (nSPS) is 10.7. The molecule has 0 radical (unpaired) electrons. The zero-order valence-electron chi connectivity index (χ0n) is 12.4. The summed E-state index contributed by atoms with van der Waals surface area (Å²) < 4.78 is 1.29. The zero-order valence-corrected chi connectivity index (χ0v) is 13.2. The molecule has 3 rings (SSSR count). The van der Waals surface area contributed by atoms with Gasteiger partial charge in [-0.2, -0.15) is 0 Å². The van der Waals surface area contributed by atoms with Crippen molar-refractivity contribution in [3.8, 4) is 0 Å². The molecule has 0 unspecified atom stereocenters. The summed E-state index contributed by atoms with van der Waals surface area (Å²) in [6.07, 6.45) is 1.39. The number of fused-ring (bicyclic) bond motifs is 1. The first-order valence-corrected chi connectivity index (χ1v) is 7.43. The number of aromatic nitrogens is 2.